The predicted molar refractivity (Wildman–Crippen MR) is 126 cm³/mol. The van der Waals surface area contributed by atoms with E-state index in [-0.39, 0.29) is 18.2 Å². The number of nitrogens with one attached hydrogen (secondary N) is 2. The van der Waals surface area contributed by atoms with Gasteiger partial charge in [0.2, 0.25) is 11.8 Å². The summed E-state index contributed by atoms with van der Waals surface area (Å²) in [7, 11) is 0. The normalized spacial score (nSPS) is 18.5. The molecule has 1 unspecified atom stereocenters. The molecule has 2 amide bonds. The molecule has 1 aromatic heterocycles. The number of benzene rings is 2. The minimum atomic E-state index is -0.492. The summed E-state index contributed by atoms with van der Waals surface area (Å²) in [5.74, 6) is -0.398. The first-order chi connectivity index (χ1) is 15.0. The van der Waals surface area contributed by atoms with E-state index < -0.39 is 5.25 Å². The zero-order valence-electron chi connectivity index (χ0n) is 16.4. The van der Waals surface area contributed by atoms with Crippen LogP contribution in [0, 0.1) is 0 Å². The van der Waals surface area contributed by atoms with E-state index in [0.717, 1.165) is 33.3 Å². The Hall–Kier alpha value is -2.33. The second-order valence-corrected chi connectivity index (χ2v) is 9.96. The van der Waals surface area contributed by atoms with Crippen LogP contribution < -0.4 is 15.5 Å². The third kappa shape index (κ3) is 4.50. The highest BCUT2D eigenvalue weighted by Gasteiger charge is 2.29. The Morgan fingerprint density at radius 1 is 1.26 bits per heavy atom. The van der Waals surface area contributed by atoms with Crippen molar-refractivity contribution in [2.45, 2.75) is 16.6 Å². The SMILES string of the molecule is O=C(CC1Sc2ccc(Cl)cc2NC1=O)Nc1ccc2nc(N3CCOCC3)sc2c1. The Bertz CT molecular complexity index is 1160. The molecule has 3 heterocycles. The molecule has 0 saturated carbocycles. The van der Waals surface area contributed by atoms with E-state index >= 15 is 0 Å². The maximum atomic E-state index is 12.6. The zero-order valence-corrected chi connectivity index (χ0v) is 18.8. The second kappa shape index (κ2) is 8.66. The third-order valence-electron chi connectivity index (χ3n) is 5.07. The van der Waals surface area contributed by atoms with Gasteiger partial charge in [0.1, 0.15) is 0 Å². The Balaban J connectivity index is 1.25. The number of thiazole rings is 1. The molecule has 10 heteroatoms. The number of hydrogen-bond donors (Lipinski definition) is 2. The first-order valence-electron chi connectivity index (χ1n) is 9.85. The van der Waals surface area contributed by atoms with Crippen molar-refractivity contribution in [3.8, 4) is 0 Å². The minimum Gasteiger partial charge on any atom is -0.378 e. The van der Waals surface area contributed by atoms with Crippen molar-refractivity contribution >= 4 is 73.2 Å². The zero-order chi connectivity index (χ0) is 21.4. The van der Waals surface area contributed by atoms with Gasteiger partial charge in [0.25, 0.3) is 0 Å². The molecule has 160 valence electrons. The van der Waals surface area contributed by atoms with Crippen molar-refractivity contribution in [3.63, 3.8) is 0 Å². The van der Waals surface area contributed by atoms with Gasteiger partial charge < -0.3 is 20.3 Å². The first kappa shape index (κ1) is 20.6. The van der Waals surface area contributed by atoms with Crippen LogP contribution in [0.25, 0.3) is 10.2 Å². The lowest BCUT2D eigenvalue weighted by Crippen LogP contribution is -2.36. The first-order valence-corrected chi connectivity index (χ1v) is 11.9. The molecular formula is C21H19ClN4O3S2. The summed E-state index contributed by atoms with van der Waals surface area (Å²) in [6.45, 7) is 3.09. The third-order valence-corrected chi connectivity index (χ3v) is 7.66. The fraction of sp³-hybridized carbons (Fsp3) is 0.286. The van der Waals surface area contributed by atoms with Gasteiger partial charge in [-0.25, -0.2) is 4.98 Å². The largest absolute Gasteiger partial charge is 0.378 e. The minimum absolute atomic E-state index is 0.0817. The van der Waals surface area contributed by atoms with E-state index in [0.29, 0.717) is 29.6 Å². The number of amides is 2. The van der Waals surface area contributed by atoms with Crippen LogP contribution in [0.15, 0.2) is 41.3 Å². The van der Waals surface area contributed by atoms with Gasteiger partial charge in [-0.15, -0.1) is 11.8 Å². The van der Waals surface area contributed by atoms with Gasteiger partial charge in [-0.3, -0.25) is 9.59 Å². The molecule has 2 aliphatic rings. The van der Waals surface area contributed by atoms with Crippen LogP contribution in [-0.4, -0.2) is 48.4 Å². The van der Waals surface area contributed by atoms with Crippen molar-refractivity contribution in [1.82, 2.24) is 4.98 Å². The number of fused-ring (bicyclic) bond motifs is 2. The van der Waals surface area contributed by atoms with E-state index in [1.807, 2.05) is 24.3 Å². The number of hydrogen-bond acceptors (Lipinski definition) is 7. The van der Waals surface area contributed by atoms with Crippen LogP contribution in [0.3, 0.4) is 0 Å². The molecule has 0 radical (unpaired) electrons. The molecule has 2 N–H and O–H groups in total. The standard InChI is InChI=1S/C21H19ClN4O3S2/c22-12-1-4-16-15(9-12)24-20(28)18(30-16)11-19(27)23-13-2-3-14-17(10-13)31-21(25-14)26-5-7-29-8-6-26/h1-4,9-10,18H,5-8,11H2,(H,23,27)(H,24,28). The van der Waals surface area contributed by atoms with Gasteiger partial charge in [-0.2, -0.15) is 0 Å². The van der Waals surface area contributed by atoms with Crippen molar-refractivity contribution in [1.29, 1.82) is 0 Å². The van der Waals surface area contributed by atoms with Crippen molar-refractivity contribution in [3.05, 3.63) is 41.4 Å². The van der Waals surface area contributed by atoms with Gasteiger partial charge in [0, 0.05) is 35.1 Å². The number of aromatic nitrogens is 1. The highest BCUT2D eigenvalue weighted by molar-refractivity contribution is 8.01. The van der Waals surface area contributed by atoms with E-state index in [1.165, 1.54) is 11.8 Å². The average Bonchev–Trinajstić information content (AvgIpc) is 3.18. The lowest BCUT2D eigenvalue weighted by atomic mass is 10.2. The quantitative estimate of drug-likeness (QED) is 0.588. The molecule has 0 bridgehead atoms. The van der Waals surface area contributed by atoms with Crippen LogP contribution >= 0.6 is 34.7 Å². The number of rotatable bonds is 4. The monoisotopic (exact) mass is 474 g/mol. The van der Waals surface area contributed by atoms with E-state index in [9.17, 15) is 9.59 Å². The average molecular weight is 475 g/mol. The van der Waals surface area contributed by atoms with Gasteiger partial charge in [0.15, 0.2) is 5.13 Å². The molecule has 2 aromatic carbocycles. The number of halogens is 1. The number of ether oxygens (including phenoxy) is 1. The second-order valence-electron chi connectivity index (χ2n) is 7.27. The lowest BCUT2D eigenvalue weighted by Gasteiger charge is -2.25. The maximum absolute atomic E-state index is 12.6. The number of morpholine rings is 1. The lowest BCUT2D eigenvalue weighted by molar-refractivity contribution is -0.120. The molecule has 1 atom stereocenters. The van der Waals surface area contributed by atoms with Crippen LogP contribution in [0.2, 0.25) is 5.02 Å². The predicted octanol–water partition coefficient (Wildman–Crippen LogP) is 4.23. The molecule has 31 heavy (non-hydrogen) atoms. The van der Waals surface area contributed by atoms with Crippen LogP contribution in [0.5, 0.6) is 0 Å². The smallest absolute Gasteiger partial charge is 0.238 e. The summed E-state index contributed by atoms with van der Waals surface area (Å²) in [4.78, 5) is 32.9. The number of thioether (sulfide) groups is 1. The molecule has 7 nitrogen and oxygen atoms in total. The molecule has 2 aliphatic heterocycles. The molecule has 0 spiro atoms. The summed E-state index contributed by atoms with van der Waals surface area (Å²) >= 11 is 8.97. The van der Waals surface area contributed by atoms with Crippen LogP contribution in [0.1, 0.15) is 6.42 Å². The highest BCUT2D eigenvalue weighted by atomic mass is 35.5. The summed E-state index contributed by atoms with van der Waals surface area (Å²) in [5.41, 5.74) is 2.29. The number of carbonyl (C=O) groups is 2. The van der Waals surface area contributed by atoms with Crippen molar-refractivity contribution in [2.75, 3.05) is 41.8 Å². The fourth-order valence-electron chi connectivity index (χ4n) is 3.52. The number of nitrogens with zero attached hydrogens (tertiary/aromatic N) is 2. The molecule has 5 rings (SSSR count). The van der Waals surface area contributed by atoms with Gasteiger partial charge in [-0.1, -0.05) is 22.9 Å². The van der Waals surface area contributed by atoms with Crippen molar-refractivity contribution in [2.24, 2.45) is 0 Å². The van der Waals surface area contributed by atoms with Gasteiger partial charge in [0.05, 0.1) is 34.4 Å². The van der Waals surface area contributed by atoms with E-state index in [2.05, 4.69) is 15.5 Å². The number of carbonyl (C=O) groups excluding carboxylic acids is 2. The highest BCUT2D eigenvalue weighted by Crippen LogP contribution is 2.38. The van der Waals surface area contributed by atoms with E-state index in [1.54, 1.807) is 23.5 Å². The van der Waals surface area contributed by atoms with Crippen LogP contribution in [-0.2, 0) is 14.3 Å². The van der Waals surface area contributed by atoms with Gasteiger partial charge >= 0.3 is 0 Å². The van der Waals surface area contributed by atoms with Gasteiger partial charge in [-0.05, 0) is 36.4 Å². The molecule has 3 aromatic rings. The Morgan fingerprint density at radius 3 is 2.94 bits per heavy atom. The Labute approximate surface area is 192 Å². The molecule has 1 fully saturated rings. The maximum Gasteiger partial charge on any atom is 0.238 e. The Kier molecular flexibility index (Phi) is 5.75. The summed E-state index contributed by atoms with van der Waals surface area (Å²) in [6, 6.07) is 11.0. The molecule has 0 aliphatic carbocycles. The summed E-state index contributed by atoms with van der Waals surface area (Å²) in [6.07, 6.45) is 0.0817. The summed E-state index contributed by atoms with van der Waals surface area (Å²) in [5, 5.41) is 6.79. The topological polar surface area (TPSA) is 83.6 Å². The summed E-state index contributed by atoms with van der Waals surface area (Å²) < 4.78 is 6.41. The number of anilines is 3. The fourth-order valence-corrected chi connectivity index (χ4v) is 5.84. The van der Waals surface area contributed by atoms with Crippen LogP contribution in [0.4, 0.5) is 16.5 Å². The molecule has 1 saturated heterocycles. The molecular weight excluding hydrogens is 456 g/mol. The van der Waals surface area contributed by atoms with Crippen molar-refractivity contribution < 1.29 is 14.3 Å². The Morgan fingerprint density at radius 2 is 2.10 bits per heavy atom. The van der Waals surface area contributed by atoms with E-state index in [4.69, 9.17) is 21.3 Å².